The molecule has 0 radical (unpaired) electrons. The number of hydrogen-bond donors (Lipinski definition) is 2. The highest BCUT2D eigenvalue weighted by Crippen LogP contribution is 2.25. The molecule has 1 aliphatic rings. The molecule has 0 aliphatic carbocycles. The number of rotatable bonds is 3. The molecule has 1 rings (SSSR count). The summed E-state index contributed by atoms with van der Waals surface area (Å²) in [6.45, 7) is 4.08. The van der Waals surface area contributed by atoms with E-state index in [-0.39, 0.29) is 5.54 Å². The van der Waals surface area contributed by atoms with Crippen LogP contribution in [0.3, 0.4) is 0 Å². The highest BCUT2D eigenvalue weighted by molar-refractivity contribution is 5.91. The van der Waals surface area contributed by atoms with Crippen LogP contribution in [-0.2, 0) is 4.79 Å². The average molecular weight is 184 g/mol. The van der Waals surface area contributed by atoms with Crippen LogP contribution in [0.4, 0.5) is 0 Å². The Kier molecular flexibility index (Phi) is 2.71. The number of nitrogens with zero attached hydrogens (tertiary/aromatic N) is 1. The van der Waals surface area contributed by atoms with Gasteiger partial charge in [-0.25, -0.2) is 0 Å². The normalized spacial score (nSPS) is 22.5. The first kappa shape index (κ1) is 10.2. The van der Waals surface area contributed by atoms with E-state index in [4.69, 9.17) is 5.73 Å². The van der Waals surface area contributed by atoms with Crippen LogP contribution >= 0.6 is 0 Å². The Labute approximate surface area is 77.8 Å². The summed E-state index contributed by atoms with van der Waals surface area (Å²) < 4.78 is 0. The maximum Gasteiger partial charge on any atom is 0.246 e. The third-order valence-corrected chi connectivity index (χ3v) is 2.24. The topological polar surface area (TPSA) is 75.7 Å². The van der Waals surface area contributed by atoms with Crippen molar-refractivity contribution >= 4 is 11.6 Å². The van der Waals surface area contributed by atoms with Crippen LogP contribution in [-0.4, -0.2) is 28.4 Å². The molecule has 3 N–H and O–H groups in total. The molecule has 0 aromatic carbocycles. The molecule has 1 amide bonds. The number of carbonyl (C=O) groups is 1. The van der Waals surface area contributed by atoms with Gasteiger partial charge in [0, 0.05) is 12.1 Å². The van der Waals surface area contributed by atoms with Gasteiger partial charge < -0.3 is 10.8 Å². The van der Waals surface area contributed by atoms with E-state index in [1.165, 1.54) is 0 Å². The van der Waals surface area contributed by atoms with Gasteiger partial charge in [0.25, 0.3) is 0 Å². The number of carbonyl (C=O) groups excluding carboxylic acids is 1. The summed E-state index contributed by atoms with van der Waals surface area (Å²) >= 11 is 0. The highest BCUT2D eigenvalue weighted by atomic mass is 16.3. The third kappa shape index (κ3) is 2.81. The van der Waals surface area contributed by atoms with E-state index >= 15 is 0 Å². The fraction of sp³-hybridized carbons (Fsp3) is 0.778. The molecular weight excluding hydrogens is 168 g/mol. The lowest BCUT2D eigenvalue weighted by atomic mass is 10.0. The third-order valence-electron chi connectivity index (χ3n) is 2.24. The Bertz CT molecular complexity index is 246. The Balaban J connectivity index is 2.52. The molecule has 0 saturated heterocycles. The van der Waals surface area contributed by atoms with Gasteiger partial charge in [-0.1, -0.05) is 0 Å². The molecule has 1 unspecified atom stereocenters. The fourth-order valence-corrected chi connectivity index (χ4v) is 1.46. The van der Waals surface area contributed by atoms with Crippen molar-refractivity contribution in [3.63, 3.8) is 0 Å². The lowest BCUT2D eigenvalue weighted by Crippen LogP contribution is -2.30. The Hall–Kier alpha value is -0.900. The molecular formula is C9H16N2O2. The van der Waals surface area contributed by atoms with Crippen LogP contribution < -0.4 is 5.73 Å². The van der Waals surface area contributed by atoms with E-state index in [9.17, 15) is 9.90 Å². The van der Waals surface area contributed by atoms with Gasteiger partial charge in [0.15, 0.2) is 0 Å². The lowest BCUT2D eigenvalue weighted by molar-refractivity contribution is -0.125. The smallest absolute Gasteiger partial charge is 0.246 e. The molecule has 1 aliphatic heterocycles. The van der Waals surface area contributed by atoms with E-state index in [1.807, 2.05) is 13.8 Å². The molecule has 1 atom stereocenters. The predicted octanol–water partition coefficient (Wildman–Crippen LogP) is 0.236. The monoisotopic (exact) mass is 184 g/mol. The Morgan fingerprint density at radius 1 is 1.77 bits per heavy atom. The van der Waals surface area contributed by atoms with Crippen molar-refractivity contribution < 1.29 is 9.90 Å². The van der Waals surface area contributed by atoms with Crippen molar-refractivity contribution in [3.8, 4) is 0 Å². The molecule has 1 heterocycles. The number of aliphatic imine (C=N–C) groups is 1. The number of primary amides is 1. The minimum Gasteiger partial charge on any atom is -0.383 e. The second-order valence-corrected chi connectivity index (χ2v) is 4.11. The van der Waals surface area contributed by atoms with Gasteiger partial charge in [0.1, 0.15) is 6.10 Å². The van der Waals surface area contributed by atoms with Crippen LogP contribution in [0.1, 0.15) is 33.1 Å². The minimum atomic E-state index is -1.08. The zero-order chi connectivity index (χ0) is 10.1. The zero-order valence-corrected chi connectivity index (χ0v) is 8.08. The summed E-state index contributed by atoms with van der Waals surface area (Å²) in [5.74, 6) is -0.674. The number of hydrogen-bond acceptors (Lipinski definition) is 3. The number of aliphatic hydroxyl groups is 1. The second-order valence-electron chi connectivity index (χ2n) is 4.11. The van der Waals surface area contributed by atoms with Crippen LogP contribution in [0.15, 0.2) is 4.99 Å². The summed E-state index contributed by atoms with van der Waals surface area (Å²) in [6.07, 6.45) is 1.05. The SMILES string of the molecule is CC1(C)CCC(CC(O)C(N)=O)=N1. The fourth-order valence-electron chi connectivity index (χ4n) is 1.46. The van der Waals surface area contributed by atoms with Gasteiger partial charge in [-0.15, -0.1) is 0 Å². The van der Waals surface area contributed by atoms with E-state index in [0.717, 1.165) is 18.6 Å². The first-order valence-corrected chi connectivity index (χ1v) is 4.46. The van der Waals surface area contributed by atoms with Crippen molar-refractivity contribution in [1.29, 1.82) is 0 Å². The summed E-state index contributed by atoms with van der Waals surface area (Å²) in [6, 6.07) is 0. The highest BCUT2D eigenvalue weighted by Gasteiger charge is 2.26. The number of nitrogens with two attached hydrogens (primary N) is 1. The molecule has 4 nitrogen and oxygen atoms in total. The van der Waals surface area contributed by atoms with Gasteiger partial charge in [-0.05, 0) is 26.7 Å². The van der Waals surface area contributed by atoms with Crippen LogP contribution in [0.25, 0.3) is 0 Å². The molecule has 0 aromatic rings. The standard InChI is InChI=1S/C9H16N2O2/c1-9(2)4-3-6(11-9)5-7(12)8(10)13/h7,12H,3-5H2,1-2H3,(H2,10,13). The van der Waals surface area contributed by atoms with Crippen molar-refractivity contribution in [2.24, 2.45) is 10.7 Å². The van der Waals surface area contributed by atoms with Gasteiger partial charge >= 0.3 is 0 Å². The molecule has 0 bridgehead atoms. The minimum absolute atomic E-state index is 0.0350. The van der Waals surface area contributed by atoms with Gasteiger partial charge in [-0.3, -0.25) is 9.79 Å². The molecule has 13 heavy (non-hydrogen) atoms. The van der Waals surface area contributed by atoms with Crippen molar-refractivity contribution in [2.75, 3.05) is 0 Å². The first-order valence-electron chi connectivity index (χ1n) is 4.46. The van der Waals surface area contributed by atoms with Crippen LogP contribution in [0.2, 0.25) is 0 Å². The van der Waals surface area contributed by atoms with Crippen molar-refractivity contribution in [1.82, 2.24) is 0 Å². The van der Waals surface area contributed by atoms with Gasteiger partial charge in [0.05, 0.1) is 5.54 Å². The zero-order valence-electron chi connectivity index (χ0n) is 8.08. The second kappa shape index (κ2) is 3.46. The number of aliphatic hydroxyl groups excluding tert-OH is 1. The first-order chi connectivity index (χ1) is 5.91. The summed E-state index contributed by atoms with van der Waals surface area (Å²) in [4.78, 5) is 15.0. The van der Waals surface area contributed by atoms with E-state index in [0.29, 0.717) is 6.42 Å². The van der Waals surface area contributed by atoms with Crippen LogP contribution in [0, 0.1) is 0 Å². The predicted molar refractivity (Wildman–Crippen MR) is 50.6 cm³/mol. The molecule has 4 heteroatoms. The van der Waals surface area contributed by atoms with Gasteiger partial charge in [-0.2, -0.15) is 0 Å². The molecule has 0 spiro atoms. The molecule has 74 valence electrons. The number of amides is 1. The van der Waals surface area contributed by atoms with E-state index in [2.05, 4.69) is 4.99 Å². The Morgan fingerprint density at radius 3 is 2.77 bits per heavy atom. The molecule has 0 fully saturated rings. The maximum atomic E-state index is 10.6. The van der Waals surface area contributed by atoms with Crippen molar-refractivity contribution in [2.45, 2.75) is 44.8 Å². The maximum absolute atomic E-state index is 10.6. The van der Waals surface area contributed by atoms with Gasteiger partial charge in [0.2, 0.25) is 5.91 Å². The Morgan fingerprint density at radius 2 is 2.38 bits per heavy atom. The lowest BCUT2D eigenvalue weighted by Gasteiger charge is -2.11. The van der Waals surface area contributed by atoms with Crippen LogP contribution in [0.5, 0.6) is 0 Å². The average Bonchev–Trinajstić information content (AvgIpc) is 2.30. The van der Waals surface area contributed by atoms with E-state index in [1.54, 1.807) is 0 Å². The van der Waals surface area contributed by atoms with Crippen molar-refractivity contribution in [3.05, 3.63) is 0 Å². The van der Waals surface area contributed by atoms with E-state index < -0.39 is 12.0 Å². The summed E-state index contributed by atoms with van der Waals surface area (Å²) in [5, 5.41) is 9.20. The largest absolute Gasteiger partial charge is 0.383 e. The molecule has 0 saturated carbocycles. The summed E-state index contributed by atoms with van der Waals surface area (Å²) in [7, 11) is 0. The molecule has 0 aromatic heterocycles. The summed E-state index contributed by atoms with van der Waals surface area (Å²) in [5.41, 5.74) is 5.80. The quantitative estimate of drug-likeness (QED) is 0.659.